The van der Waals surface area contributed by atoms with Crippen molar-refractivity contribution in [3.8, 4) is 0 Å². The van der Waals surface area contributed by atoms with E-state index in [9.17, 15) is 4.79 Å². The van der Waals surface area contributed by atoms with Gasteiger partial charge in [-0.25, -0.2) is 0 Å². The molecule has 0 fully saturated rings. The molecule has 6 nitrogen and oxygen atoms in total. The Morgan fingerprint density at radius 2 is 1.17 bits per heavy atom. The van der Waals surface area contributed by atoms with Crippen molar-refractivity contribution in [2.24, 2.45) is 0 Å². The van der Waals surface area contributed by atoms with Crippen molar-refractivity contribution in [3.63, 3.8) is 0 Å². The van der Waals surface area contributed by atoms with Crippen LogP contribution in [0.5, 0.6) is 0 Å². The first-order chi connectivity index (χ1) is 19.7. The number of aryl methyl sites for hydroxylation is 1. The van der Waals surface area contributed by atoms with Crippen LogP contribution >= 0.6 is 0 Å². The number of anilines is 5. The summed E-state index contributed by atoms with van der Waals surface area (Å²) in [6, 6.07) is 33.2. The predicted octanol–water partition coefficient (Wildman–Crippen LogP) is 7.19. The molecular formula is C35H45N5O. The third kappa shape index (κ3) is 7.82. The summed E-state index contributed by atoms with van der Waals surface area (Å²) in [7, 11) is 14.3. The molecule has 1 N–H and O–H groups in total. The summed E-state index contributed by atoms with van der Waals surface area (Å²) < 4.78 is 0. The highest BCUT2D eigenvalue weighted by atomic mass is 16.1. The molecule has 0 atom stereocenters. The van der Waals surface area contributed by atoms with Gasteiger partial charge in [0.15, 0.2) is 0 Å². The van der Waals surface area contributed by atoms with Crippen molar-refractivity contribution in [1.82, 2.24) is 0 Å². The second-order valence-corrected chi connectivity index (χ2v) is 10.4. The van der Waals surface area contributed by atoms with Crippen molar-refractivity contribution in [2.75, 3.05) is 74.3 Å². The molecule has 0 spiro atoms. The molecule has 5 rings (SSSR count). The molecule has 0 amide bonds. The van der Waals surface area contributed by atoms with E-state index >= 15 is 0 Å². The zero-order chi connectivity index (χ0) is 29.9. The third-order valence-electron chi connectivity index (χ3n) is 7.30. The summed E-state index contributed by atoms with van der Waals surface area (Å²) in [6.45, 7) is 2.16. The number of carbonyl (C=O) groups is 1. The molecule has 41 heavy (non-hydrogen) atoms. The lowest BCUT2D eigenvalue weighted by molar-refractivity contribution is 0.112. The molecule has 0 saturated heterocycles. The Morgan fingerprint density at radius 3 is 1.59 bits per heavy atom. The topological polar surface area (TPSA) is 42.1 Å². The highest BCUT2D eigenvalue weighted by Crippen LogP contribution is 2.44. The molecule has 216 valence electrons. The molecule has 4 aromatic carbocycles. The number of hydrogen-bond acceptors (Lipinski definition) is 6. The minimum Gasteiger partial charge on any atom is -0.388 e. The number of rotatable bonds is 6. The van der Waals surface area contributed by atoms with Crippen LogP contribution in [0.1, 0.15) is 34.6 Å². The van der Waals surface area contributed by atoms with Gasteiger partial charge in [-0.3, -0.25) is 4.79 Å². The fourth-order valence-corrected chi connectivity index (χ4v) is 4.90. The quantitative estimate of drug-likeness (QED) is 0.256. The van der Waals surface area contributed by atoms with Gasteiger partial charge < -0.3 is 24.9 Å². The Morgan fingerprint density at radius 1 is 0.707 bits per heavy atom. The molecule has 0 bridgehead atoms. The van der Waals surface area contributed by atoms with Gasteiger partial charge in [0.05, 0.1) is 11.4 Å². The zero-order valence-corrected chi connectivity index (χ0v) is 25.8. The maximum atomic E-state index is 10.3. The molecule has 0 aliphatic carbocycles. The molecule has 1 heterocycles. The normalized spacial score (nSPS) is 11.9. The summed E-state index contributed by atoms with van der Waals surface area (Å²) in [4.78, 5) is 19.1. The van der Waals surface area contributed by atoms with E-state index in [1.165, 1.54) is 33.9 Å². The molecule has 1 aliphatic rings. The Bertz CT molecular complexity index is 1310. The van der Waals surface area contributed by atoms with Crippen molar-refractivity contribution >= 4 is 34.7 Å². The van der Waals surface area contributed by atoms with E-state index in [1.54, 1.807) is 0 Å². The summed E-state index contributed by atoms with van der Waals surface area (Å²) in [6.07, 6.45) is 2.21. The fraction of sp³-hybridized carbons (Fsp3) is 0.286. The first-order valence-electron chi connectivity index (χ1n) is 14.0. The lowest BCUT2D eigenvalue weighted by Gasteiger charge is -2.28. The lowest BCUT2D eigenvalue weighted by Crippen LogP contribution is -2.30. The van der Waals surface area contributed by atoms with Crippen molar-refractivity contribution in [3.05, 3.63) is 114 Å². The van der Waals surface area contributed by atoms with Crippen molar-refractivity contribution < 1.29 is 4.79 Å². The Hall–Kier alpha value is -4.45. The van der Waals surface area contributed by atoms with Gasteiger partial charge in [0.1, 0.15) is 12.5 Å². The van der Waals surface area contributed by atoms with Crippen LogP contribution in [0.15, 0.2) is 97.1 Å². The number of nitrogens with zero attached hydrogens (tertiary/aromatic N) is 4. The maximum absolute atomic E-state index is 10.3. The number of aldehydes is 1. The van der Waals surface area contributed by atoms with Gasteiger partial charge >= 0.3 is 0 Å². The molecule has 0 unspecified atom stereocenters. The van der Waals surface area contributed by atoms with Crippen LogP contribution in [0.2, 0.25) is 0 Å². The summed E-state index contributed by atoms with van der Waals surface area (Å²) in [5, 5.41) is 3.15. The SMILES string of the molecule is CCc1ccccc1NC.CN(C)c1ccc(C2N(C)c3ccccc3N2C)cc1.CN(C)c1ccc(C=O)cc1. The van der Waals surface area contributed by atoms with Gasteiger partial charge in [0, 0.05) is 72.0 Å². The minimum absolute atomic E-state index is 0.267. The van der Waals surface area contributed by atoms with Gasteiger partial charge in [0.25, 0.3) is 0 Å². The number of nitrogens with one attached hydrogen (secondary N) is 1. The van der Waals surface area contributed by atoms with E-state index < -0.39 is 0 Å². The van der Waals surface area contributed by atoms with E-state index in [0.29, 0.717) is 0 Å². The second-order valence-electron chi connectivity index (χ2n) is 10.4. The van der Waals surface area contributed by atoms with E-state index in [1.807, 2.05) is 56.4 Å². The number of fused-ring (bicyclic) bond motifs is 1. The number of benzene rings is 4. The Labute approximate surface area is 246 Å². The van der Waals surface area contributed by atoms with Gasteiger partial charge in [0.2, 0.25) is 0 Å². The van der Waals surface area contributed by atoms with Gasteiger partial charge in [-0.2, -0.15) is 0 Å². The van der Waals surface area contributed by atoms with E-state index in [-0.39, 0.29) is 6.17 Å². The lowest BCUT2D eigenvalue weighted by atomic mass is 10.1. The fourth-order valence-electron chi connectivity index (χ4n) is 4.90. The maximum Gasteiger partial charge on any atom is 0.150 e. The van der Waals surface area contributed by atoms with E-state index in [4.69, 9.17) is 0 Å². The summed E-state index contributed by atoms with van der Waals surface area (Å²) in [5.41, 5.74) is 9.57. The Kier molecular flexibility index (Phi) is 11.2. The number of para-hydroxylation sites is 3. The average Bonchev–Trinajstić information content (AvgIpc) is 3.27. The van der Waals surface area contributed by atoms with Gasteiger partial charge in [-0.15, -0.1) is 0 Å². The van der Waals surface area contributed by atoms with Gasteiger partial charge in [-0.1, -0.05) is 49.4 Å². The van der Waals surface area contributed by atoms with Gasteiger partial charge in [-0.05, 0) is 72.1 Å². The molecular weight excluding hydrogens is 506 g/mol. The largest absolute Gasteiger partial charge is 0.388 e. The number of hydrogen-bond donors (Lipinski definition) is 1. The average molecular weight is 552 g/mol. The second kappa shape index (κ2) is 14.8. The molecule has 6 heteroatoms. The van der Waals surface area contributed by atoms with Crippen molar-refractivity contribution in [2.45, 2.75) is 19.5 Å². The van der Waals surface area contributed by atoms with Crippen molar-refractivity contribution in [1.29, 1.82) is 0 Å². The van der Waals surface area contributed by atoms with E-state index in [2.05, 4.69) is 122 Å². The highest BCUT2D eigenvalue weighted by Gasteiger charge is 2.31. The standard InChI is InChI=1S/C17H21N3.C9H11NO.C9H13N/c1-18(2)14-11-9-13(10-12-14)17-19(3)15-7-5-6-8-16(15)20(17)4;1-10(2)9-5-3-8(7-11)4-6-9;1-3-8-6-4-5-7-9(8)10-2/h5-12,17H,1-4H3;3-7H,1-2H3;4-7,10H,3H2,1-2H3. The number of carbonyl (C=O) groups excluding carboxylic acids is 1. The van der Waals surface area contributed by atoms with E-state index in [0.717, 1.165) is 24.0 Å². The first kappa shape index (κ1) is 31.1. The molecule has 0 radical (unpaired) electrons. The van der Waals surface area contributed by atoms with Crippen LogP contribution in [0.25, 0.3) is 0 Å². The van der Waals surface area contributed by atoms with Crippen LogP contribution in [0.4, 0.5) is 28.4 Å². The van der Waals surface area contributed by atoms with Crippen LogP contribution < -0.4 is 24.9 Å². The predicted molar refractivity (Wildman–Crippen MR) is 178 cm³/mol. The summed E-state index contributed by atoms with van der Waals surface area (Å²) >= 11 is 0. The molecule has 1 aliphatic heterocycles. The third-order valence-corrected chi connectivity index (χ3v) is 7.30. The van der Waals surface area contributed by atoms with Crippen LogP contribution in [0.3, 0.4) is 0 Å². The molecule has 0 aromatic heterocycles. The Balaban J connectivity index is 0.000000187. The van der Waals surface area contributed by atoms with Crippen LogP contribution in [-0.2, 0) is 6.42 Å². The zero-order valence-electron chi connectivity index (χ0n) is 25.8. The first-order valence-corrected chi connectivity index (χ1v) is 14.0. The minimum atomic E-state index is 0.267. The molecule has 0 saturated carbocycles. The smallest absolute Gasteiger partial charge is 0.150 e. The molecule has 4 aromatic rings. The van der Waals surface area contributed by atoms with Crippen LogP contribution in [-0.4, -0.2) is 55.6 Å². The summed E-state index contributed by atoms with van der Waals surface area (Å²) in [5.74, 6) is 0. The monoisotopic (exact) mass is 551 g/mol. The van der Waals surface area contributed by atoms with Crippen LogP contribution in [0, 0.1) is 0 Å². The highest BCUT2D eigenvalue weighted by molar-refractivity contribution is 5.77.